The molecule has 9 nitrogen and oxygen atoms in total. The van der Waals surface area contributed by atoms with E-state index >= 15 is 0 Å². The zero-order chi connectivity index (χ0) is 20.3. The number of carbonyl (C=O) groups is 2. The second-order valence-corrected chi connectivity index (χ2v) is 5.51. The van der Waals surface area contributed by atoms with Crippen molar-refractivity contribution in [3.63, 3.8) is 0 Å². The molecule has 2 aromatic heterocycles. The summed E-state index contributed by atoms with van der Waals surface area (Å²) in [5.74, 6) is -3.85. The molecule has 0 saturated carbocycles. The van der Waals surface area contributed by atoms with Crippen molar-refractivity contribution in [1.29, 1.82) is 0 Å². The zero-order valence-corrected chi connectivity index (χ0v) is 14.5. The second kappa shape index (κ2) is 7.88. The molecule has 0 atom stereocenters. The fourth-order valence-electron chi connectivity index (χ4n) is 2.40. The van der Waals surface area contributed by atoms with E-state index < -0.39 is 23.5 Å². The topological polar surface area (TPSA) is 125 Å². The minimum absolute atomic E-state index is 0.0574. The van der Waals surface area contributed by atoms with Gasteiger partial charge < -0.3 is 15.8 Å². The third-order valence-corrected chi connectivity index (χ3v) is 3.77. The van der Waals surface area contributed by atoms with E-state index in [0.717, 1.165) is 7.11 Å². The predicted molar refractivity (Wildman–Crippen MR) is 92.7 cm³/mol. The maximum atomic E-state index is 13.6. The van der Waals surface area contributed by atoms with Gasteiger partial charge in [-0.2, -0.15) is 0 Å². The molecule has 0 spiro atoms. The van der Waals surface area contributed by atoms with E-state index in [1.165, 1.54) is 12.4 Å². The quantitative estimate of drug-likeness (QED) is 0.634. The molecule has 3 aromatic rings. The number of hydrogen-bond donors (Lipinski definition) is 2. The summed E-state index contributed by atoms with van der Waals surface area (Å²) in [7, 11) is 1.07. The number of ether oxygens (including phenoxy) is 1. The van der Waals surface area contributed by atoms with Gasteiger partial charge in [0, 0.05) is 30.6 Å². The predicted octanol–water partition coefficient (Wildman–Crippen LogP) is 1.44. The summed E-state index contributed by atoms with van der Waals surface area (Å²) in [4.78, 5) is 28.2. The van der Waals surface area contributed by atoms with Crippen molar-refractivity contribution < 1.29 is 23.1 Å². The highest BCUT2D eigenvalue weighted by Gasteiger charge is 2.20. The number of imidazole rings is 1. The van der Waals surface area contributed by atoms with Crippen molar-refractivity contribution in [2.24, 2.45) is 5.73 Å². The summed E-state index contributed by atoms with van der Waals surface area (Å²) in [5, 5.41) is 10.1. The van der Waals surface area contributed by atoms with Crippen LogP contribution in [-0.4, -0.2) is 38.7 Å². The zero-order valence-electron chi connectivity index (χ0n) is 14.5. The van der Waals surface area contributed by atoms with E-state index in [0.29, 0.717) is 23.5 Å². The van der Waals surface area contributed by atoms with Gasteiger partial charge in [0.2, 0.25) is 0 Å². The van der Waals surface area contributed by atoms with E-state index in [9.17, 15) is 18.4 Å². The number of halogens is 2. The Bertz CT molecular complexity index is 1040. The number of benzene rings is 1. The number of nitrogens with one attached hydrogen (secondary N) is 1. The lowest BCUT2D eigenvalue weighted by molar-refractivity contribution is 0.0601. The van der Waals surface area contributed by atoms with Gasteiger partial charge in [0.05, 0.1) is 18.4 Å². The molecule has 0 aliphatic rings. The number of rotatable bonds is 5. The average molecular weight is 388 g/mol. The molecule has 144 valence electrons. The molecular weight excluding hydrogens is 374 g/mol. The Morgan fingerprint density at radius 3 is 2.61 bits per heavy atom. The molecule has 11 heteroatoms. The van der Waals surface area contributed by atoms with Crippen LogP contribution >= 0.6 is 0 Å². The second-order valence-electron chi connectivity index (χ2n) is 5.51. The molecule has 3 rings (SSSR count). The molecule has 0 aliphatic heterocycles. The van der Waals surface area contributed by atoms with Crippen molar-refractivity contribution >= 4 is 17.6 Å². The SMILES string of the molecule is COC(=O)c1cc(F)c(F)cc1NC(=O)c1cc(CN)c(-n2ccnc2)nn1. The summed E-state index contributed by atoms with van der Waals surface area (Å²) in [6, 6.07) is 2.71. The Labute approximate surface area is 157 Å². The average Bonchev–Trinajstić information content (AvgIpc) is 3.24. The van der Waals surface area contributed by atoms with Gasteiger partial charge in [0.1, 0.15) is 6.33 Å². The number of esters is 1. The standard InChI is InChI=1S/C17H14F2N6O3/c1-28-17(27)10-5-11(18)12(19)6-13(10)22-16(26)14-4-9(7-20)15(24-23-14)25-3-2-21-8-25/h2-6,8H,7,20H2,1H3,(H,22,26). The summed E-state index contributed by atoms with van der Waals surface area (Å²) < 4.78 is 33.1. The van der Waals surface area contributed by atoms with Crippen LogP contribution in [0.4, 0.5) is 14.5 Å². The minimum atomic E-state index is -1.26. The number of amides is 1. The summed E-state index contributed by atoms with van der Waals surface area (Å²) in [6.07, 6.45) is 4.67. The van der Waals surface area contributed by atoms with Crippen LogP contribution in [0.3, 0.4) is 0 Å². The molecule has 0 saturated heterocycles. The minimum Gasteiger partial charge on any atom is -0.465 e. The molecule has 0 unspecified atom stereocenters. The van der Waals surface area contributed by atoms with Crippen LogP contribution < -0.4 is 11.1 Å². The van der Waals surface area contributed by atoms with Gasteiger partial charge in [-0.15, -0.1) is 10.2 Å². The first-order valence-electron chi connectivity index (χ1n) is 7.88. The van der Waals surface area contributed by atoms with Gasteiger partial charge in [-0.05, 0) is 12.1 Å². The number of methoxy groups -OCH3 is 1. The maximum absolute atomic E-state index is 13.6. The largest absolute Gasteiger partial charge is 0.465 e. The van der Waals surface area contributed by atoms with Gasteiger partial charge in [-0.1, -0.05) is 0 Å². The Morgan fingerprint density at radius 1 is 1.21 bits per heavy atom. The van der Waals surface area contributed by atoms with Crippen molar-refractivity contribution in [3.05, 3.63) is 65.4 Å². The van der Waals surface area contributed by atoms with E-state index in [1.807, 2.05) is 0 Å². The molecule has 0 radical (unpaired) electrons. The molecular formula is C17H14F2N6O3. The Hall–Kier alpha value is -3.73. The fourth-order valence-corrected chi connectivity index (χ4v) is 2.40. The first-order valence-corrected chi connectivity index (χ1v) is 7.88. The molecule has 0 fully saturated rings. The van der Waals surface area contributed by atoms with Crippen LogP contribution in [0.15, 0.2) is 36.9 Å². The lowest BCUT2D eigenvalue weighted by atomic mass is 10.1. The van der Waals surface area contributed by atoms with Crippen molar-refractivity contribution in [3.8, 4) is 5.82 Å². The van der Waals surface area contributed by atoms with Crippen molar-refractivity contribution in [2.45, 2.75) is 6.54 Å². The van der Waals surface area contributed by atoms with Crippen LogP contribution in [0.25, 0.3) is 5.82 Å². The highest BCUT2D eigenvalue weighted by atomic mass is 19.2. The fraction of sp³-hybridized carbons (Fsp3) is 0.118. The highest BCUT2D eigenvalue weighted by Crippen LogP contribution is 2.22. The van der Waals surface area contributed by atoms with Crippen LogP contribution in [0.5, 0.6) is 0 Å². The molecule has 3 N–H and O–H groups in total. The summed E-state index contributed by atoms with van der Waals surface area (Å²) in [5.41, 5.74) is 5.45. The number of anilines is 1. The molecule has 1 aromatic carbocycles. The summed E-state index contributed by atoms with van der Waals surface area (Å²) >= 11 is 0. The third kappa shape index (κ3) is 3.69. The van der Waals surface area contributed by atoms with E-state index in [4.69, 9.17) is 5.73 Å². The van der Waals surface area contributed by atoms with Crippen molar-refractivity contribution in [1.82, 2.24) is 19.7 Å². The molecule has 1 amide bonds. The van der Waals surface area contributed by atoms with E-state index in [1.54, 1.807) is 17.0 Å². The normalized spacial score (nSPS) is 10.6. The van der Waals surface area contributed by atoms with E-state index in [-0.39, 0.29) is 23.5 Å². The smallest absolute Gasteiger partial charge is 0.340 e. The number of aromatic nitrogens is 4. The number of hydrogen-bond acceptors (Lipinski definition) is 7. The first kappa shape index (κ1) is 19.0. The van der Waals surface area contributed by atoms with E-state index in [2.05, 4.69) is 25.2 Å². The van der Waals surface area contributed by atoms with Crippen LogP contribution in [0, 0.1) is 11.6 Å². The Kier molecular flexibility index (Phi) is 5.36. The van der Waals surface area contributed by atoms with Crippen molar-refractivity contribution in [2.75, 3.05) is 12.4 Å². The lowest BCUT2D eigenvalue weighted by Crippen LogP contribution is -2.19. The summed E-state index contributed by atoms with van der Waals surface area (Å²) in [6.45, 7) is 0.0574. The van der Waals surface area contributed by atoms with Crippen LogP contribution in [0.1, 0.15) is 26.4 Å². The van der Waals surface area contributed by atoms with Gasteiger partial charge in [0.15, 0.2) is 23.1 Å². The lowest BCUT2D eigenvalue weighted by Gasteiger charge is -2.11. The monoisotopic (exact) mass is 388 g/mol. The Morgan fingerprint density at radius 2 is 1.96 bits per heavy atom. The molecule has 0 bridgehead atoms. The number of nitrogens with two attached hydrogens (primary N) is 1. The van der Waals surface area contributed by atoms with Gasteiger partial charge >= 0.3 is 5.97 Å². The molecule has 2 heterocycles. The van der Waals surface area contributed by atoms with Gasteiger partial charge in [-0.3, -0.25) is 9.36 Å². The maximum Gasteiger partial charge on any atom is 0.340 e. The number of nitrogens with zero attached hydrogens (tertiary/aromatic N) is 4. The van der Waals surface area contributed by atoms with Crippen LogP contribution in [-0.2, 0) is 11.3 Å². The van der Waals surface area contributed by atoms with Gasteiger partial charge in [-0.25, -0.2) is 18.6 Å². The van der Waals surface area contributed by atoms with Gasteiger partial charge in [0.25, 0.3) is 5.91 Å². The molecule has 0 aliphatic carbocycles. The van der Waals surface area contributed by atoms with Crippen LogP contribution in [0.2, 0.25) is 0 Å². The Balaban J connectivity index is 1.94. The third-order valence-electron chi connectivity index (χ3n) is 3.77. The first-order chi connectivity index (χ1) is 13.4. The highest BCUT2D eigenvalue weighted by molar-refractivity contribution is 6.07. The molecule has 28 heavy (non-hydrogen) atoms. The number of carbonyl (C=O) groups excluding carboxylic acids is 2.